The molecule has 5 nitrogen and oxygen atoms in total. The normalized spacial score (nSPS) is 24.7. The van der Waals surface area contributed by atoms with Gasteiger partial charge in [-0.3, -0.25) is 4.79 Å². The summed E-state index contributed by atoms with van der Waals surface area (Å²) in [6, 6.07) is 21.8. The minimum Gasteiger partial charge on any atom is -0.477 e. The molecule has 1 aliphatic carbocycles. The first-order valence-corrected chi connectivity index (χ1v) is 11.1. The summed E-state index contributed by atoms with van der Waals surface area (Å²) in [5, 5.41) is 12.8. The molecular formula is C28H24N2O3. The van der Waals surface area contributed by atoms with Gasteiger partial charge in [0.05, 0.1) is 23.5 Å². The second-order valence-electron chi connectivity index (χ2n) is 9.21. The molecule has 0 unspecified atom stereocenters. The molecule has 0 radical (unpaired) electrons. The maximum atomic E-state index is 13.3. The van der Waals surface area contributed by atoms with Crippen LogP contribution in [-0.4, -0.2) is 15.1 Å². The zero-order valence-corrected chi connectivity index (χ0v) is 18.7. The van der Waals surface area contributed by atoms with Crippen molar-refractivity contribution in [2.45, 2.75) is 37.9 Å². The summed E-state index contributed by atoms with van der Waals surface area (Å²) >= 11 is 0. The summed E-state index contributed by atoms with van der Waals surface area (Å²) < 4.78 is 6.87. The molecule has 0 spiro atoms. The third-order valence-electron chi connectivity index (χ3n) is 7.15. The lowest BCUT2D eigenvalue weighted by Gasteiger charge is -2.40. The number of rotatable bonds is 2. The summed E-state index contributed by atoms with van der Waals surface area (Å²) in [7, 11) is 0. The van der Waals surface area contributed by atoms with E-state index in [1.807, 2.05) is 87.5 Å². The van der Waals surface area contributed by atoms with E-state index in [-0.39, 0.29) is 5.56 Å². The SMILES string of the molecule is Cc1ccc([C@@]23Oc4cc(C)cc(C)c4[C@]2(O)c2nc[nH]c(=O)c2[C@H]3c2ccccc2)cc1. The molecule has 1 aliphatic heterocycles. The van der Waals surface area contributed by atoms with Gasteiger partial charge in [-0.1, -0.05) is 66.2 Å². The van der Waals surface area contributed by atoms with Gasteiger partial charge in [-0.25, -0.2) is 4.98 Å². The first-order valence-electron chi connectivity index (χ1n) is 11.1. The van der Waals surface area contributed by atoms with E-state index >= 15 is 0 Å². The van der Waals surface area contributed by atoms with Crippen LogP contribution in [0.4, 0.5) is 0 Å². The highest BCUT2D eigenvalue weighted by molar-refractivity contribution is 5.65. The molecule has 33 heavy (non-hydrogen) atoms. The number of aromatic amines is 1. The Hall–Kier alpha value is -3.70. The number of ether oxygens (including phenoxy) is 1. The van der Waals surface area contributed by atoms with Gasteiger partial charge in [-0.05, 0) is 43.5 Å². The van der Waals surface area contributed by atoms with E-state index in [0.29, 0.717) is 22.6 Å². The maximum absolute atomic E-state index is 13.3. The van der Waals surface area contributed by atoms with Crippen molar-refractivity contribution >= 4 is 0 Å². The van der Waals surface area contributed by atoms with Gasteiger partial charge < -0.3 is 14.8 Å². The van der Waals surface area contributed by atoms with Crippen LogP contribution in [-0.2, 0) is 11.2 Å². The van der Waals surface area contributed by atoms with Crippen LogP contribution < -0.4 is 10.3 Å². The standard InChI is InChI=1S/C28H24N2O3/c1-16-9-11-20(12-10-16)28-24(19-7-5-4-6-8-19)22-25(29-15-30-26(22)31)27(28,32)23-18(3)13-17(2)14-21(23)33-28/h4-15,24,32H,1-3H3,(H,29,30,31)/t24-,27+,28+/m1/s1. The molecule has 2 N–H and O–H groups in total. The molecule has 0 saturated carbocycles. The summed E-state index contributed by atoms with van der Waals surface area (Å²) in [5.41, 5.74) is 3.02. The van der Waals surface area contributed by atoms with Gasteiger partial charge in [0.15, 0.2) is 11.2 Å². The Labute approximate surface area is 191 Å². The maximum Gasteiger partial charge on any atom is 0.255 e. The summed E-state index contributed by atoms with van der Waals surface area (Å²) in [4.78, 5) is 20.6. The highest BCUT2D eigenvalue weighted by Crippen LogP contribution is 2.67. The molecule has 2 heterocycles. The number of H-pyrrole nitrogens is 1. The van der Waals surface area contributed by atoms with Crippen LogP contribution in [0.15, 0.2) is 77.9 Å². The minimum atomic E-state index is -1.64. The van der Waals surface area contributed by atoms with E-state index in [4.69, 9.17) is 4.74 Å². The lowest BCUT2D eigenvalue weighted by atomic mass is 9.69. The summed E-state index contributed by atoms with van der Waals surface area (Å²) in [6.07, 6.45) is 1.37. The molecule has 1 aromatic heterocycles. The Morgan fingerprint density at radius 3 is 2.42 bits per heavy atom. The minimum absolute atomic E-state index is 0.266. The van der Waals surface area contributed by atoms with Crippen LogP contribution in [0.5, 0.6) is 5.75 Å². The van der Waals surface area contributed by atoms with Crippen molar-refractivity contribution in [3.63, 3.8) is 0 Å². The number of nitrogens with one attached hydrogen (secondary N) is 1. The van der Waals surface area contributed by atoms with Crippen LogP contribution in [0.3, 0.4) is 0 Å². The number of hydrogen-bond donors (Lipinski definition) is 2. The Morgan fingerprint density at radius 1 is 0.970 bits per heavy atom. The van der Waals surface area contributed by atoms with Crippen molar-refractivity contribution in [3.05, 3.63) is 128 Å². The number of benzene rings is 3. The molecule has 2 aliphatic rings. The van der Waals surface area contributed by atoms with Crippen molar-refractivity contribution < 1.29 is 9.84 Å². The number of hydrogen-bond acceptors (Lipinski definition) is 4. The molecule has 4 aromatic rings. The number of fused-ring (bicyclic) bond motifs is 5. The highest BCUT2D eigenvalue weighted by atomic mass is 16.5. The Balaban J connectivity index is 1.80. The van der Waals surface area contributed by atoms with E-state index < -0.39 is 17.1 Å². The zero-order valence-electron chi connectivity index (χ0n) is 18.7. The number of aryl methyl sites for hydroxylation is 3. The van der Waals surface area contributed by atoms with Crippen molar-refractivity contribution in [1.82, 2.24) is 9.97 Å². The number of aromatic nitrogens is 2. The van der Waals surface area contributed by atoms with Crippen LogP contribution in [0.1, 0.15) is 50.6 Å². The molecular weight excluding hydrogens is 412 g/mol. The largest absolute Gasteiger partial charge is 0.477 e. The second kappa shape index (κ2) is 6.65. The van der Waals surface area contributed by atoms with Crippen molar-refractivity contribution in [2.75, 3.05) is 0 Å². The molecule has 5 heteroatoms. The molecule has 164 valence electrons. The van der Waals surface area contributed by atoms with E-state index in [1.165, 1.54) is 6.33 Å². The van der Waals surface area contributed by atoms with E-state index in [1.54, 1.807) is 0 Å². The number of nitrogens with zero attached hydrogens (tertiary/aromatic N) is 1. The topological polar surface area (TPSA) is 75.2 Å². The number of aliphatic hydroxyl groups is 1. The predicted molar refractivity (Wildman–Crippen MR) is 126 cm³/mol. The first kappa shape index (κ1) is 19.9. The Morgan fingerprint density at radius 2 is 1.70 bits per heavy atom. The van der Waals surface area contributed by atoms with Gasteiger partial charge >= 0.3 is 0 Å². The van der Waals surface area contributed by atoms with Crippen LogP contribution in [0.25, 0.3) is 0 Å². The lowest BCUT2D eigenvalue weighted by Crippen LogP contribution is -2.49. The zero-order chi connectivity index (χ0) is 23.0. The second-order valence-corrected chi connectivity index (χ2v) is 9.21. The Bertz CT molecular complexity index is 1460. The van der Waals surface area contributed by atoms with Crippen molar-refractivity contribution in [2.24, 2.45) is 0 Å². The Kier molecular flexibility index (Phi) is 4.02. The van der Waals surface area contributed by atoms with Crippen LogP contribution in [0, 0.1) is 20.8 Å². The summed E-state index contributed by atoms with van der Waals surface area (Å²) in [6.45, 7) is 6.01. The highest BCUT2D eigenvalue weighted by Gasteiger charge is 2.73. The molecule has 0 amide bonds. The molecule has 0 bridgehead atoms. The first-order chi connectivity index (χ1) is 15.9. The predicted octanol–water partition coefficient (Wildman–Crippen LogP) is 4.36. The molecule has 0 saturated heterocycles. The van der Waals surface area contributed by atoms with Crippen molar-refractivity contribution in [3.8, 4) is 5.75 Å². The van der Waals surface area contributed by atoms with Crippen LogP contribution in [0.2, 0.25) is 0 Å². The van der Waals surface area contributed by atoms with Gasteiger partial charge in [0, 0.05) is 11.1 Å². The average Bonchev–Trinajstić information content (AvgIpc) is 3.18. The van der Waals surface area contributed by atoms with Gasteiger partial charge in [0.1, 0.15) is 5.75 Å². The fourth-order valence-corrected chi connectivity index (χ4v) is 5.92. The van der Waals surface area contributed by atoms with E-state index in [9.17, 15) is 9.90 Å². The van der Waals surface area contributed by atoms with E-state index in [0.717, 1.165) is 27.8 Å². The fourth-order valence-electron chi connectivity index (χ4n) is 5.92. The van der Waals surface area contributed by atoms with Gasteiger partial charge in [0.2, 0.25) is 0 Å². The molecule has 3 aromatic carbocycles. The summed E-state index contributed by atoms with van der Waals surface area (Å²) in [5.74, 6) is 0.0650. The third-order valence-corrected chi connectivity index (χ3v) is 7.15. The molecule has 0 fully saturated rings. The van der Waals surface area contributed by atoms with Crippen molar-refractivity contribution in [1.29, 1.82) is 0 Å². The third kappa shape index (κ3) is 2.40. The van der Waals surface area contributed by atoms with Crippen LogP contribution >= 0.6 is 0 Å². The molecule has 3 atom stereocenters. The smallest absolute Gasteiger partial charge is 0.255 e. The monoisotopic (exact) mass is 436 g/mol. The van der Waals surface area contributed by atoms with Gasteiger partial charge in [-0.15, -0.1) is 0 Å². The van der Waals surface area contributed by atoms with Gasteiger partial charge in [-0.2, -0.15) is 0 Å². The average molecular weight is 437 g/mol. The van der Waals surface area contributed by atoms with Gasteiger partial charge in [0.25, 0.3) is 5.56 Å². The lowest BCUT2D eigenvalue weighted by molar-refractivity contribution is -0.0906. The fraction of sp³-hybridized carbons (Fsp3) is 0.214. The quantitative estimate of drug-likeness (QED) is 0.490. The van der Waals surface area contributed by atoms with E-state index in [2.05, 4.69) is 9.97 Å². The molecule has 6 rings (SSSR count).